The molecule has 0 aliphatic carbocycles. The first-order valence-corrected chi connectivity index (χ1v) is 10.4. The molecule has 1 fully saturated rings. The predicted octanol–water partition coefficient (Wildman–Crippen LogP) is 2.59. The number of aliphatic hydroxyl groups is 1. The molecule has 8 heteroatoms. The van der Waals surface area contributed by atoms with E-state index in [0.717, 1.165) is 28.9 Å². The van der Waals surface area contributed by atoms with Crippen LogP contribution in [0, 0.1) is 0 Å². The predicted molar refractivity (Wildman–Crippen MR) is 113 cm³/mol. The monoisotopic (exact) mass is 415 g/mol. The zero-order valence-corrected chi connectivity index (χ0v) is 17.2. The van der Waals surface area contributed by atoms with Gasteiger partial charge in [0.05, 0.1) is 11.8 Å². The molecule has 1 saturated heterocycles. The molecule has 154 valence electrons. The maximum absolute atomic E-state index is 12.4. The minimum atomic E-state index is -0.403. The van der Waals surface area contributed by atoms with E-state index in [1.54, 1.807) is 6.20 Å². The highest BCUT2D eigenvalue weighted by atomic mass is 32.2. The van der Waals surface area contributed by atoms with Crippen LogP contribution in [0.2, 0.25) is 0 Å². The highest BCUT2D eigenvalue weighted by Gasteiger charge is 2.38. The fraction of sp³-hybridized carbons (Fsp3) is 0.381. The van der Waals surface area contributed by atoms with Crippen LogP contribution in [0.3, 0.4) is 0 Å². The molecule has 1 aromatic heterocycles. The number of imide groups is 1. The first-order valence-electron chi connectivity index (χ1n) is 9.55. The number of aliphatic hydroxyl groups excluding tert-OH is 1. The van der Waals surface area contributed by atoms with Gasteiger partial charge in [0.15, 0.2) is 0 Å². The Balaban J connectivity index is 1.46. The summed E-state index contributed by atoms with van der Waals surface area (Å²) in [6.07, 6.45) is 2.66. The first-order chi connectivity index (χ1) is 14.1. The van der Waals surface area contributed by atoms with Gasteiger partial charge in [-0.15, -0.1) is 0 Å². The van der Waals surface area contributed by atoms with Crippen molar-refractivity contribution in [3.8, 4) is 5.75 Å². The van der Waals surface area contributed by atoms with Crippen LogP contribution >= 0.6 is 11.8 Å². The van der Waals surface area contributed by atoms with Crippen molar-refractivity contribution in [1.29, 1.82) is 0 Å². The quantitative estimate of drug-likeness (QED) is 0.639. The Hall–Kier alpha value is -2.58. The van der Waals surface area contributed by atoms with Gasteiger partial charge in [-0.25, -0.2) is 4.98 Å². The average Bonchev–Trinajstić information content (AvgIpc) is 3.01. The van der Waals surface area contributed by atoms with Crippen LogP contribution in [-0.4, -0.2) is 64.7 Å². The van der Waals surface area contributed by atoms with E-state index >= 15 is 0 Å². The number of amides is 2. The molecule has 0 bridgehead atoms. The Bertz CT molecular complexity index is 816. The smallest absolute Gasteiger partial charge is 0.289 e. The van der Waals surface area contributed by atoms with Gasteiger partial charge in [-0.05, 0) is 42.7 Å². The number of anilines is 1. The van der Waals surface area contributed by atoms with Gasteiger partial charge >= 0.3 is 0 Å². The zero-order chi connectivity index (χ0) is 20.6. The lowest BCUT2D eigenvalue weighted by atomic mass is 10.1. The molecule has 1 atom stereocenters. The molecule has 2 amide bonds. The number of nitrogens with zero attached hydrogens (tertiary/aromatic N) is 3. The fourth-order valence-corrected chi connectivity index (χ4v) is 4.04. The molecule has 29 heavy (non-hydrogen) atoms. The number of carbonyl (C=O) groups excluding carboxylic acids is 2. The minimum Gasteiger partial charge on any atom is -0.492 e. The van der Waals surface area contributed by atoms with E-state index in [4.69, 9.17) is 9.84 Å². The number of pyridine rings is 1. The minimum absolute atomic E-state index is 0.0362. The average molecular weight is 416 g/mol. The third-order valence-corrected chi connectivity index (χ3v) is 5.70. The molecule has 3 rings (SSSR count). The van der Waals surface area contributed by atoms with Gasteiger partial charge in [-0.2, -0.15) is 0 Å². The summed E-state index contributed by atoms with van der Waals surface area (Å²) in [6.45, 7) is 1.47. The summed E-state index contributed by atoms with van der Waals surface area (Å²) in [4.78, 5) is 31.9. The van der Waals surface area contributed by atoms with E-state index < -0.39 is 5.25 Å². The van der Waals surface area contributed by atoms with Crippen LogP contribution in [0.5, 0.6) is 5.75 Å². The van der Waals surface area contributed by atoms with Crippen LogP contribution in [0.25, 0.3) is 0 Å². The van der Waals surface area contributed by atoms with Crippen LogP contribution in [0.15, 0.2) is 48.7 Å². The number of rotatable bonds is 10. The molecule has 0 radical (unpaired) electrons. The molecule has 2 heterocycles. The number of ether oxygens (including phenoxy) is 1. The number of thioether (sulfide) groups is 1. The van der Waals surface area contributed by atoms with Crippen LogP contribution in [0.4, 0.5) is 10.6 Å². The van der Waals surface area contributed by atoms with E-state index in [2.05, 4.69) is 4.98 Å². The van der Waals surface area contributed by atoms with Gasteiger partial charge < -0.3 is 14.7 Å². The Morgan fingerprint density at radius 2 is 2.00 bits per heavy atom. The van der Waals surface area contributed by atoms with E-state index in [0.29, 0.717) is 26.0 Å². The highest BCUT2D eigenvalue weighted by Crippen LogP contribution is 2.30. The van der Waals surface area contributed by atoms with Gasteiger partial charge in [0.1, 0.15) is 18.2 Å². The lowest BCUT2D eigenvalue weighted by Gasteiger charge is -2.18. The number of hydrogen-bond donors (Lipinski definition) is 1. The van der Waals surface area contributed by atoms with Crippen molar-refractivity contribution in [2.45, 2.75) is 18.1 Å². The first kappa shape index (κ1) is 21.1. The molecule has 1 aliphatic heterocycles. The highest BCUT2D eigenvalue weighted by molar-refractivity contribution is 8.15. The zero-order valence-electron chi connectivity index (χ0n) is 16.4. The molecular weight excluding hydrogens is 390 g/mol. The van der Waals surface area contributed by atoms with Gasteiger partial charge in [0.2, 0.25) is 5.91 Å². The summed E-state index contributed by atoms with van der Waals surface area (Å²) in [5.74, 6) is 1.48. The maximum atomic E-state index is 12.4. The number of likely N-dealkylation sites (N-methyl/N-ethyl adjacent to an activating group) is 1. The fourth-order valence-electron chi connectivity index (χ4n) is 2.99. The topological polar surface area (TPSA) is 83.0 Å². The Morgan fingerprint density at radius 1 is 1.21 bits per heavy atom. The number of hydrogen-bond acceptors (Lipinski definition) is 7. The lowest BCUT2D eigenvalue weighted by molar-refractivity contribution is -0.126. The van der Waals surface area contributed by atoms with Gasteiger partial charge in [-0.1, -0.05) is 30.0 Å². The van der Waals surface area contributed by atoms with Gasteiger partial charge in [0, 0.05) is 26.4 Å². The molecule has 1 aliphatic rings. The van der Waals surface area contributed by atoms with Crippen molar-refractivity contribution in [2.75, 3.05) is 38.3 Å². The molecule has 2 aromatic rings. The van der Waals surface area contributed by atoms with E-state index in [1.165, 1.54) is 4.90 Å². The van der Waals surface area contributed by atoms with E-state index in [1.807, 2.05) is 54.4 Å². The summed E-state index contributed by atoms with van der Waals surface area (Å²) in [6, 6.07) is 13.4. The van der Waals surface area contributed by atoms with Gasteiger partial charge in [0.25, 0.3) is 5.24 Å². The second-order valence-electron chi connectivity index (χ2n) is 6.75. The summed E-state index contributed by atoms with van der Waals surface area (Å²) in [7, 11) is 1.97. The molecule has 1 N–H and O–H groups in total. The van der Waals surface area contributed by atoms with Crippen molar-refractivity contribution in [2.24, 2.45) is 0 Å². The van der Waals surface area contributed by atoms with E-state index in [9.17, 15) is 9.59 Å². The summed E-state index contributed by atoms with van der Waals surface area (Å²) in [5.41, 5.74) is 0.977. The maximum Gasteiger partial charge on any atom is 0.289 e. The molecular formula is C21H25N3O4S. The van der Waals surface area contributed by atoms with Crippen LogP contribution < -0.4 is 9.64 Å². The number of carbonyl (C=O) groups is 2. The van der Waals surface area contributed by atoms with E-state index in [-0.39, 0.29) is 24.3 Å². The van der Waals surface area contributed by atoms with Crippen molar-refractivity contribution in [1.82, 2.24) is 9.88 Å². The van der Waals surface area contributed by atoms with Crippen molar-refractivity contribution < 1.29 is 19.4 Å². The molecule has 1 aromatic carbocycles. The molecule has 1 unspecified atom stereocenters. The summed E-state index contributed by atoms with van der Waals surface area (Å²) >= 11 is 1.06. The summed E-state index contributed by atoms with van der Waals surface area (Å²) < 4.78 is 5.80. The standard InChI is InChI=1S/C21H25N3O4S/c1-23(19-5-2-3-10-22-19)12-14-28-17-8-6-16(7-9-17)15-18-20(26)24(11-4-13-25)21(27)29-18/h2-3,5-10,18,25H,4,11-15H2,1H3. The Kier molecular flexibility index (Phi) is 7.48. The van der Waals surface area contributed by atoms with Crippen LogP contribution in [0.1, 0.15) is 12.0 Å². The third kappa shape index (κ3) is 5.71. The van der Waals surface area contributed by atoms with Crippen molar-refractivity contribution in [3.05, 3.63) is 54.2 Å². The molecule has 0 saturated carbocycles. The van der Waals surface area contributed by atoms with Crippen LogP contribution in [-0.2, 0) is 11.2 Å². The Morgan fingerprint density at radius 3 is 2.69 bits per heavy atom. The molecule has 7 nitrogen and oxygen atoms in total. The molecule has 0 spiro atoms. The SMILES string of the molecule is CN(CCOc1ccc(CC2SC(=O)N(CCCO)C2=O)cc1)c1ccccn1. The van der Waals surface area contributed by atoms with Crippen molar-refractivity contribution >= 4 is 28.7 Å². The number of aromatic nitrogens is 1. The number of benzene rings is 1. The lowest BCUT2D eigenvalue weighted by Crippen LogP contribution is -2.33. The Labute approximate surface area is 174 Å². The van der Waals surface area contributed by atoms with Crippen molar-refractivity contribution in [3.63, 3.8) is 0 Å². The largest absolute Gasteiger partial charge is 0.492 e. The normalized spacial score (nSPS) is 16.3. The second kappa shape index (κ2) is 10.3. The summed E-state index contributed by atoms with van der Waals surface area (Å²) in [5, 5.41) is 8.27. The second-order valence-corrected chi connectivity index (χ2v) is 7.90. The third-order valence-electron chi connectivity index (χ3n) is 4.63. The van der Waals surface area contributed by atoms with Gasteiger partial charge in [-0.3, -0.25) is 14.5 Å².